The first-order chi connectivity index (χ1) is 11.7. The molecule has 0 saturated carbocycles. The molecule has 0 aromatic heterocycles. The number of aliphatic hydroxyl groups excluding tert-OH is 3. The highest BCUT2D eigenvalue weighted by Gasteiger charge is 2.40. The second-order valence-electron chi connectivity index (χ2n) is 6.62. The number of aliphatic hydroxyl groups is 3. The number of ether oxygens (including phenoxy) is 2. The Balaban J connectivity index is 1.94. The van der Waals surface area contributed by atoms with E-state index in [4.69, 9.17) is 14.6 Å². The van der Waals surface area contributed by atoms with Gasteiger partial charge in [-0.25, -0.2) is 0 Å². The van der Waals surface area contributed by atoms with Crippen LogP contribution >= 0.6 is 0 Å². The van der Waals surface area contributed by atoms with E-state index in [1.807, 2.05) is 0 Å². The molecule has 1 aliphatic rings. The van der Waals surface area contributed by atoms with Crippen LogP contribution < -0.4 is 0 Å². The average Bonchev–Trinajstić information content (AvgIpc) is 2.96. The van der Waals surface area contributed by atoms with Crippen LogP contribution in [0.4, 0.5) is 0 Å². The second-order valence-corrected chi connectivity index (χ2v) is 6.62. The summed E-state index contributed by atoms with van der Waals surface area (Å²) in [4.78, 5) is 0. The summed E-state index contributed by atoms with van der Waals surface area (Å²) in [6.45, 7) is 2.68. The molecule has 4 atom stereocenters. The van der Waals surface area contributed by atoms with Gasteiger partial charge in [0.2, 0.25) is 0 Å². The normalized spacial score (nSPS) is 25.6. The lowest BCUT2D eigenvalue weighted by Gasteiger charge is -2.20. The van der Waals surface area contributed by atoms with Crippen molar-refractivity contribution in [3.05, 3.63) is 12.2 Å². The molecule has 3 N–H and O–H groups in total. The summed E-state index contributed by atoms with van der Waals surface area (Å²) in [5.74, 6) is 0. The van der Waals surface area contributed by atoms with Crippen LogP contribution in [0.25, 0.3) is 0 Å². The van der Waals surface area contributed by atoms with Gasteiger partial charge in [0.25, 0.3) is 0 Å². The first kappa shape index (κ1) is 21.6. The molecular weight excluding hydrogens is 308 g/mol. The van der Waals surface area contributed by atoms with E-state index in [1.54, 1.807) is 0 Å². The van der Waals surface area contributed by atoms with Crippen molar-refractivity contribution in [2.45, 2.75) is 89.1 Å². The lowest BCUT2D eigenvalue weighted by Crippen LogP contribution is -2.41. The standard InChI is InChI=1S/C19H36O5/c1-2-3-4-5-6-7-8-9-10-11-12-13-23-17-15-24-19(18(17)22)16(21)14-20/h7-8,16-22H,2-6,9-15H2,1H3/b8-7+/t16-,17+,18+,19+/m1/s1. The SMILES string of the molecule is CCCCCC/C=C/CCCCCO[C@H]1CO[C@@H]([C@H](O)CO)[C@H]1O. The Morgan fingerprint density at radius 3 is 2.38 bits per heavy atom. The van der Waals surface area contributed by atoms with E-state index in [0.717, 1.165) is 25.7 Å². The second kappa shape index (κ2) is 13.8. The van der Waals surface area contributed by atoms with Crippen LogP contribution in [0.15, 0.2) is 12.2 Å². The first-order valence-electron chi connectivity index (χ1n) is 9.55. The molecule has 0 spiro atoms. The minimum atomic E-state index is -1.05. The van der Waals surface area contributed by atoms with Gasteiger partial charge in [0, 0.05) is 6.61 Å². The Hall–Kier alpha value is -0.460. The van der Waals surface area contributed by atoms with Crippen LogP contribution in [0.1, 0.15) is 64.7 Å². The van der Waals surface area contributed by atoms with Crippen LogP contribution in [-0.4, -0.2) is 59.6 Å². The highest BCUT2D eigenvalue weighted by Crippen LogP contribution is 2.20. The van der Waals surface area contributed by atoms with Crippen LogP contribution in [0.2, 0.25) is 0 Å². The lowest BCUT2D eigenvalue weighted by molar-refractivity contribution is -0.0730. The van der Waals surface area contributed by atoms with Crippen LogP contribution in [0.3, 0.4) is 0 Å². The van der Waals surface area contributed by atoms with Gasteiger partial charge in [-0.3, -0.25) is 0 Å². The molecule has 0 amide bonds. The Labute approximate surface area is 146 Å². The van der Waals surface area contributed by atoms with E-state index in [1.165, 1.54) is 32.1 Å². The molecule has 0 unspecified atom stereocenters. The molecule has 0 bridgehead atoms. The zero-order valence-electron chi connectivity index (χ0n) is 15.1. The van der Waals surface area contributed by atoms with E-state index < -0.39 is 31.0 Å². The van der Waals surface area contributed by atoms with Crippen molar-refractivity contribution >= 4 is 0 Å². The van der Waals surface area contributed by atoms with E-state index >= 15 is 0 Å². The highest BCUT2D eigenvalue weighted by atomic mass is 16.6. The van der Waals surface area contributed by atoms with Gasteiger partial charge in [-0.15, -0.1) is 0 Å². The largest absolute Gasteiger partial charge is 0.394 e. The number of allylic oxidation sites excluding steroid dienone is 2. The minimum absolute atomic E-state index is 0.268. The molecule has 142 valence electrons. The summed E-state index contributed by atoms with van der Waals surface area (Å²) in [5.41, 5.74) is 0. The van der Waals surface area contributed by atoms with Gasteiger partial charge in [-0.2, -0.15) is 0 Å². The molecule has 5 nitrogen and oxygen atoms in total. The summed E-state index contributed by atoms with van der Waals surface area (Å²) >= 11 is 0. The Kier molecular flexibility index (Phi) is 12.4. The smallest absolute Gasteiger partial charge is 0.114 e. The number of hydrogen-bond donors (Lipinski definition) is 3. The van der Waals surface area contributed by atoms with Crippen molar-refractivity contribution in [2.75, 3.05) is 19.8 Å². The Bertz CT molecular complexity index is 321. The van der Waals surface area contributed by atoms with Gasteiger partial charge >= 0.3 is 0 Å². The molecule has 1 rings (SSSR count). The number of rotatable bonds is 14. The molecule has 24 heavy (non-hydrogen) atoms. The summed E-state index contributed by atoms with van der Waals surface area (Å²) in [6, 6.07) is 0. The summed E-state index contributed by atoms with van der Waals surface area (Å²) in [7, 11) is 0. The molecule has 1 fully saturated rings. The fourth-order valence-electron chi connectivity index (χ4n) is 2.90. The third-order valence-corrected chi connectivity index (χ3v) is 4.47. The molecule has 5 heteroatoms. The fourth-order valence-corrected chi connectivity index (χ4v) is 2.90. The predicted molar refractivity (Wildman–Crippen MR) is 94.9 cm³/mol. The molecule has 0 aromatic rings. The summed E-state index contributed by atoms with van der Waals surface area (Å²) in [5, 5.41) is 28.4. The highest BCUT2D eigenvalue weighted by molar-refractivity contribution is 4.88. The maximum atomic E-state index is 10.00. The number of unbranched alkanes of at least 4 members (excludes halogenated alkanes) is 7. The quantitative estimate of drug-likeness (QED) is 0.333. The maximum Gasteiger partial charge on any atom is 0.114 e. The lowest BCUT2D eigenvalue weighted by atomic mass is 10.1. The van der Waals surface area contributed by atoms with Crippen molar-refractivity contribution in [1.29, 1.82) is 0 Å². The molecule has 1 aliphatic heterocycles. The molecule has 1 saturated heterocycles. The summed E-state index contributed by atoms with van der Waals surface area (Å²) in [6.07, 6.45) is 12.3. The maximum absolute atomic E-state index is 10.00. The Morgan fingerprint density at radius 1 is 1.08 bits per heavy atom. The van der Waals surface area contributed by atoms with Crippen LogP contribution in [-0.2, 0) is 9.47 Å². The monoisotopic (exact) mass is 344 g/mol. The van der Waals surface area contributed by atoms with E-state index in [2.05, 4.69) is 19.1 Å². The van der Waals surface area contributed by atoms with Crippen molar-refractivity contribution in [3.63, 3.8) is 0 Å². The average molecular weight is 344 g/mol. The third-order valence-electron chi connectivity index (χ3n) is 4.47. The van der Waals surface area contributed by atoms with Crippen molar-refractivity contribution < 1.29 is 24.8 Å². The van der Waals surface area contributed by atoms with Crippen molar-refractivity contribution in [2.24, 2.45) is 0 Å². The van der Waals surface area contributed by atoms with Crippen molar-refractivity contribution in [3.8, 4) is 0 Å². The van der Waals surface area contributed by atoms with Gasteiger partial charge in [0.05, 0.1) is 13.2 Å². The Morgan fingerprint density at radius 2 is 1.75 bits per heavy atom. The zero-order chi connectivity index (χ0) is 17.6. The number of hydrogen-bond acceptors (Lipinski definition) is 5. The van der Waals surface area contributed by atoms with E-state index in [0.29, 0.717) is 6.61 Å². The van der Waals surface area contributed by atoms with Gasteiger partial charge in [0.1, 0.15) is 24.4 Å². The van der Waals surface area contributed by atoms with Gasteiger partial charge in [0.15, 0.2) is 0 Å². The zero-order valence-corrected chi connectivity index (χ0v) is 15.1. The van der Waals surface area contributed by atoms with E-state index in [-0.39, 0.29) is 6.61 Å². The van der Waals surface area contributed by atoms with Crippen LogP contribution in [0.5, 0.6) is 0 Å². The predicted octanol–water partition coefficient (Wildman–Crippen LogP) is 2.57. The molecule has 1 heterocycles. The van der Waals surface area contributed by atoms with E-state index in [9.17, 15) is 10.2 Å². The molecule has 0 aromatic carbocycles. The molecule has 0 radical (unpaired) electrons. The third kappa shape index (κ3) is 8.58. The fraction of sp³-hybridized carbons (Fsp3) is 0.895. The van der Waals surface area contributed by atoms with Gasteiger partial charge in [-0.1, -0.05) is 44.8 Å². The minimum Gasteiger partial charge on any atom is -0.394 e. The first-order valence-corrected chi connectivity index (χ1v) is 9.55. The van der Waals surface area contributed by atoms with Gasteiger partial charge < -0.3 is 24.8 Å². The topological polar surface area (TPSA) is 79.2 Å². The molecule has 0 aliphatic carbocycles. The molecular formula is C19H36O5. The summed E-state index contributed by atoms with van der Waals surface area (Å²) < 4.78 is 10.9. The van der Waals surface area contributed by atoms with Crippen molar-refractivity contribution in [1.82, 2.24) is 0 Å². The van der Waals surface area contributed by atoms with Crippen LogP contribution in [0, 0.1) is 0 Å². The van der Waals surface area contributed by atoms with Gasteiger partial charge in [-0.05, 0) is 32.1 Å².